The number of hydrogen-bond donors (Lipinski definition) is 0. The molecule has 0 unspecified atom stereocenters. The number of benzene rings is 1. The van der Waals surface area contributed by atoms with Crippen LogP contribution in [0, 0.1) is 6.92 Å². The first kappa shape index (κ1) is 17.6. The maximum Gasteiger partial charge on any atom is 0.229 e. The van der Waals surface area contributed by atoms with E-state index in [1.54, 1.807) is 11.9 Å². The lowest BCUT2D eigenvalue weighted by atomic mass is 9.99. The van der Waals surface area contributed by atoms with Crippen LogP contribution in [0.25, 0.3) is 11.3 Å². The van der Waals surface area contributed by atoms with Gasteiger partial charge in [0, 0.05) is 46.7 Å². The zero-order chi connectivity index (χ0) is 19.3. The third-order valence-corrected chi connectivity index (χ3v) is 6.35. The molecule has 2 aliphatic rings. The van der Waals surface area contributed by atoms with E-state index in [0.29, 0.717) is 5.41 Å². The molecular formula is C22H23N5S. The van der Waals surface area contributed by atoms with E-state index in [9.17, 15) is 0 Å². The summed E-state index contributed by atoms with van der Waals surface area (Å²) >= 11 is 1.74. The zero-order valence-corrected chi connectivity index (χ0v) is 17.2. The van der Waals surface area contributed by atoms with E-state index in [4.69, 9.17) is 9.97 Å². The Morgan fingerprint density at radius 3 is 2.50 bits per heavy atom. The van der Waals surface area contributed by atoms with Crippen molar-refractivity contribution in [3.05, 3.63) is 60.0 Å². The number of nitrogens with zero attached hydrogens (tertiary/aromatic N) is 5. The number of hydrogen-bond acceptors (Lipinski definition) is 6. The molecule has 0 saturated heterocycles. The molecule has 6 heteroatoms. The van der Waals surface area contributed by atoms with E-state index >= 15 is 0 Å². The van der Waals surface area contributed by atoms with E-state index in [1.165, 1.54) is 34.6 Å². The average molecular weight is 390 g/mol. The van der Waals surface area contributed by atoms with Crippen molar-refractivity contribution in [2.45, 2.75) is 30.1 Å². The van der Waals surface area contributed by atoms with Crippen molar-refractivity contribution >= 4 is 23.6 Å². The van der Waals surface area contributed by atoms with Gasteiger partial charge in [-0.3, -0.25) is 9.29 Å². The van der Waals surface area contributed by atoms with Crippen LogP contribution in [-0.2, 0) is 5.41 Å². The fourth-order valence-electron chi connectivity index (χ4n) is 3.97. The van der Waals surface area contributed by atoms with Crippen LogP contribution in [0.5, 0.6) is 0 Å². The fraction of sp³-hybridized carbons (Fsp3) is 0.318. The second kappa shape index (κ2) is 6.57. The zero-order valence-electron chi connectivity index (χ0n) is 16.4. The van der Waals surface area contributed by atoms with E-state index in [-0.39, 0.29) is 0 Å². The second-order valence-corrected chi connectivity index (χ2v) is 9.32. The monoisotopic (exact) mass is 389 g/mol. The molecule has 1 aliphatic carbocycles. The number of pyridine rings is 1. The van der Waals surface area contributed by atoms with Crippen molar-refractivity contribution in [3.63, 3.8) is 0 Å². The molecule has 142 valence electrons. The van der Waals surface area contributed by atoms with E-state index in [0.717, 1.165) is 23.8 Å². The maximum atomic E-state index is 4.71. The highest BCUT2D eigenvalue weighted by Crippen LogP contribution is 2.58. The molecule has 5 rings (SSSR count). The lowest BCUT2D eigenvalue weighted by Gasteiger charge is -2.18. The predicted molar refractivity (Wildman–Crippen MR) is 114 cm³/mol. The molecule has 28 heavy (non-hydrogen) atoms. The molecule has 5 nitrogen and oxygen atoms in total. The Labute approximate surface area is 170 Å². The Balaban J connectivity index is 1.49. The minimum Gasteiger partial charge on any atom is -0.309 e. The van der Waals surface area contributed by atoms with Gasteiger partial charge in [-0.25, -0.2) is 9.97 Å². The molecule has 0 atom stereocenters. The van der Waals surface area contributed by atoms with Gasteiger partial charge < -0.3 is 4.90 Å². The molecule has 0 radical (unpaired) electrons. The summed E-state index contributed by atoms with van der Waals surface area (Å²) in [4.78, 5) is 17.4. The smallest absolute Gasteiger partial charge is 0.229 e. The van der Waals surface area contributed by atoms with Crippen LogP contribution in [0.4, 0.5) is 11.6 Å². The van der Waals surface area contributed by atoms with E-state index in [2.05, 4.69) is 59.5 Å². The number of aryl methyl sites for hydroxylation is 1. The molecule has 0 amide bonds. The summed E-state index contributed by atoms with van der Waals surface area (Å²) in [6.45, 7) is 3.04. The lowest BCUT2D eigenvalue weighted by Crippen LogP contribution is -2.21. The largest absolute Gasteiger partial charge is 0.309 e. The first-order valence-corrected chi connectivity index (χ1v) is 10.3. The van der Waals surface area contributed by atoms with Crippen molar-refractivity contribution in [1.82, 2.24) is 19.3 Å². The Morgan fingerprint density at radius 2 is 1.82 bits per heavy atom. The van der Waals surface area contributed by atoms with Crippen LogP contribution in [0.2, 0.25) is 0 Å². The van der Waals surface area contributed by atoms with Crippen molar-refractivity contribution in [2.75, 3.05) is 25.5 Å². The molecule has 1 aromatic carbocycles. The molecule has 1 saturated carbocycles. The van der Waals surface area contributed by atoms with Crippen LogP contribution < -0.4 is 4.90 Å². The van der Waals surface area contributed by atoms with Gasteiger partial charge in [0.15, 0.2) is 0 Å². The highest BCUT2D eigenvalue weighted by molar-refractivity contribution is 7.97. The number of rotatable bonds is 4. The first-order chi connectivity index (χ1) is 13.5. The highest BCUT2D eigenvalue weighted by Gasteiger charge is 2.52. The van der Waals surface area contributed by atoms with Gasteiger partial charge in [-0.1, -0.05) is 6.07 Å². The molecule has 0 bridgehead atoms. The number of aromatic nitrogens is 3. The molecule has 3 heterocycles. The Morgan fingerprint density at radius 1 is 1.04 bits per heavy atom. The third kappa shape index (κ3) is 3.06. The Hall–Kier alpha value is -2.44. The lowest BCUT2D eigenvalue weighted by molar-refractivity contribution is 0.702. The van der Waals surface area contributed by atoms with Crippen molar-refractivity contribution < 1.29 is 0 Å². The second-order valence-electron chi connectivity index (χ2n) is 7.94. The van der Waals surface area contributed by atoms with Gasteiger partial charge in [-0.2, -0.15) is 0 Å². The summed E-state index contributed by atoms with van der Waals surface area (Å²) < 4.78 is 2.12. The standard InChI is InChI=1S/C22H23N5S/c1-15-6-9-23-19(10-15)16-12-24-21(25-13-16)27-14-22(7-8-22)18-5-4-17(11-20(18)27)28-26(2)3/h4-6,9-13H,7-8,14H2,1-3H3. The van der Waals surface area contributed by atoms with Gasteiger partial charge in [0.2, 0.25) is 5.95 Å². The number of fused-ring (bicyclic) bond motifs is 2. The number of anilines is 2. The van der Waals surface area contributed by atoms with Gasteiger partial charge in [0.25, 0.3) is 0 Å². The van der Waals surface area contributed by atoms with Gasteiger partial charge in [0.05, 0.1) is 5.69 Å². The van der Waals surface area contributed by atoms with Crippen LogP contribution in [-0.4, -0.2) is 39.9 Å². The normalized spacial score (nSPS) is 16.6. The van der Waals surface area contributed by atoms with Crippen LogP contribution >= 0.6 is 11.9 Å². The van der Waals surface area contributed by atoms with Crippen molar-refractivity contribution in [1.29, 1.82) is 0 Å². The predicted octanol–water partition coefficient (Wildman–Crippen LogP) is 4.60. The molecule has 0 N–H and O–H groups in total. The summed E-state index contributed by atoms with van der Waals surface area (Å²) in [6, 6.07) is 10.9. The topological polar surface area (TPSA) is 45.2 Å². The summed E-state index contributed by atoms with van der Waals surface area (Å²) in [5.41, 5.74) is 6.05. The quantitative estimate of drug-likeness (QED) is 0.608. The summed E-state index contributed by atoms with van der Waals surface area (Å²) in [5.74, 6) is 0.772. The third-order valence-electron chi connectivity index (χ3n) is 5.52. The molecule has 1 spiro atoms. The van der Waals surface area contributed by atoms with Crippen LogP contribution in [0.3, 0.4) is 0 Å². The average Bonchev–Trinajstić information content (AvgIpc) is 3.39. The summed E-state index contributed by atoms with van der Waals surface area (Å²) in [5, 5.41) is 0. The first-order valence-electron chi connectivity index (χ1n) is 9.57. The SMILES string of the molecule is Cc1ccnc(-c2cnc(N3CC4(CC4)c4ccc(SN(C)C)cc43)nc2)c1. The van der Waals surface area contributed by atoms with E-state index in [1.807, 2.05) is 24.7 Å². The minimum absolute atomic E-state index is 0.302. The highest BCUT2D eigenvalue weighted by atomic mass is 32.2. The van der Waals surface area contributed by atoms with E-state index < -0.39 is 0 Å². The van der Waals surface area contributed by atoms with Crippen LogP contribution in [0.1, 0.15) is 24.0 Å². The van der Waals surface area contributed by atoms with Crippen molar-refractivity contribution in [3.8, 4) is 11.3 Å². The van der Waals surface area contributed by atoms with Gasteiger partial charge in [-0.05, 0) is 81.2 Å². The van der Waals surface area contributed by atoms with Crippen molar-refractivity contribution in [2.24, 2.45) is 0 Å². The Bertz CT molecular complexity index is 1030. The van der Waals surface area contributed by atoms with Gasteiger partial charge in [0.1, 0.15) is 0 Å². The maximum absolute atomic E-state index is 4.71. The molecule has 3 aromatic rings. The summed E-state index contributed by atoms with van der Waals surface area (Å²) in [6.07, 6.45) is 8.11. The summed E-state index contributed by atoms with van der Waals surface area (Å²) in [7, 11) is 4.14. The van der Waals surface area contributed by atoms with Gasteiger partial charge >= 0.3 is 0 Å². The fourth-order valence-corrected chi connectivity index (χ4v) is 4.68. The molecule has 1 aliphatic heterocycles. The minimum atomic E-state index is 0.302. The van der Waals surface area contributed by atoms with Crippen LogP contribution in [0.15, 0.2) is 53.8 Å². The molecular weight excluding hydrogens is 366 g/mol. The molecule has 2 aromatic heterocycles. The molecule has 1 fully saturated rings. The van der Waals surface area contributed by atoms with Gasteiger partial charge in [-0.15, -0.1) is 0 Å². The Kier molecular flexibility index (Phi) is 4.14.